The van der Waals surface area contributed by atoms with Crippen LogP contribution in [-0.4, -0.2) is 37.1 Å². The number of hydrogen-bond acceptors (Lipinski definition) is 5. The van der Waals surface area contributed by atoms with Crippen molar-refractivity contribution in [1.82, 2.24) is 10.6 Å². The van der Waals surface area contributed by atoms with Gasteiger partial charge in [-0.2, -0.15) is 0 Å². The standard InChI is InChI=1S/C18H20ClN3O3S/c1-11-16(20-6-7-25-11)18(24)22-12-4-5-15(19)14(9-12)17(23)21-10-13-3-2-8-26-13/h2-5,8-9,11,16,20H,6-7,10H2,1H3,(H,21,23)(H,22,24)/t11-,16+/m1/s1. The first-order valence-electron chi connectivity index (χ1n) is 8.30. The van der Waals surface area contributed by atoms with Crippen molar-refractivity contribution in [2.45, 2.75) is 25.6 Å². The highest BCUT2D eigenvalue weighted by molar-refractivity contribution is 7.09. The van der Waals surface area contributed by atoms with E-state index < -0.39 is 6.04 Å². The summed E-state index contributed by atoms with van der Waals surface area (Å²) in [6, 6.07) is 8.30. The number of carbonyl (C=O) groups is 2. The van der Waals surface area contributed by atoms with E-state index in [-0.39, 0.29) is 17.9 Å². The summed E-state index contributed by atoms with van der Waals surface area (Å²) in [6.45, 7) is 3.49. The molecule has 1 saturated heterocycles. The van der Waals surface area contributed by atoms with Gasteiger partial charge in [0.15, 0.2) is 0 Å². The number of halogens is 1. The Morgan fingerprint density at radius 2 is 2.23 bits per heavy atom. The number of ether oxygens (including phenoxy) is 1. The molecule has 1 aromatic carbocycles. The first-order chi connectivity index (χ1) is 12.5. The van der Waals surface area contributed by atoms with Crippen molar-refractivity contribution in [3.8, 4) is 0 Å². The first-order valence-corrected chi connectivity index (χ1v) is 9.56. The molecule has 2 aromatic rings. The van der Waals surface area contributed by atoms with Gasteiger partial charge in [-0.1, -0.05) is 17.7 Å². The van der Waals surface area contributed by atoms with Crippen molar-refractivity contribution in [2.24, 2.45) is 0 Å². The maximum Gasteiger partial charge on any atom is 0.253 e. The van der Waals surface area contributed by atoms with Gasteiger partial charge in [-0.05, 0) is 36.6 Å². The van der Waals surface area contributed by atoms with Crippen molar-refractivity contribution in [1.29, 1.82) is 0 Å². The van der Waals surface area contributed by atoms with E-state index in [9.17, 15) is 9.59 Å². The molecule has 6 nitrogen and oxygen atoms in total. The number of carbonyl (C=O) groups excluding carboxylic acids is 2. The lowest BCUT2D eigenvalue weighted by molar-refractivity contribution is -0.123. The van der Waals surface area contributed by atoms with Crippen LogP contribution in [0.5, 0.6) is 0 Å². The minimum absolute atomic E-state index is 0.204. The summed E-state index contributed by atoms with van der Waals surface area (Å²) in [5.41, 5.74) is 0.835. The van der Waals surface area contributed by atoms with E-state index in [4.69, 9.17) is 16.3 Å². The van der Waals surface area contributed by atoms with E-state index in [0.29, 0.717) is 36.0 Å². The van der Waals surface area contributed by atoms with Crippen molar-refractivity contribution < 1.29 is 14.3 Å². The molecule has 1 aliphatic heterocycles. The number of benzene rings is 1. The summed E-state index contributed by atoms with van der Waals surface area (Å²) in [5, 5.41) is 11.1. The van der Waals surface area contributed by atoms with Crippen LogP contribution < -0.4 is 16.0 Å². The number of nitrogens with one attached hydrogen (secondary N) is 3. The molecule has 1 aromatic heterocycles. The summed E-state index contributed by atoms with van der Waals surface area (Å²) in [6.07, 6.45) is -0.218. The Bertz CT molecular complexity index is 782. The lowest BCUT2D eigenvalue weighted by Gasteiger charge is -2.29. The molecule has 2 amide bonds. The van der Waals surface area contributed by atoms with Gasteiger partial charge in [0.25, 0.3) is 5.91 Å². The molecule has 0 bridgehead atoms. The number of hydrogen-bond donors (Lipinski definition) is 3. The van der Waals surface area contributed by atoms with Crippen LogP contribution in [-0.2, 0) is 16.1 Å². The van der Waals surface area contributed by atoms with Gasteiger partial charge in [0.2, 0.25) is 5.91 Å². The Morgan fingerprint density at radius 3 is 2.96 bits per heavy atom. The van der Waals surface area contributed by atoms with Crippen LogP contribution in [0.15, 0.2) is 35.7 Å². The van der Waals surface area contributed by atoms with Gasteiger partial charge in [0, 0.05) is 17.1 Å². The molecule has 0 spiro atoms. The van der Waals surface area contributed by atoms with Crippen molar-refractivity contribution in [2.75, 3.05) is 18.5 Å². The third kappa shape index (κ3) is 4.62. The van der Waals surface area contributed by atoms with E-state index >= 15 is 0 Å². The number of thiophene rings is 1. The first kappa shape index (κ1) is 18.8. The molecule has 0 unspecified atom stereocenters. The van der Waals surface area contributed by atoms with E-state index in [1.54, 1.807) is 29.5 Å². The minimum Gasteiger partial charge on any atom is -0.375 e. The van der Waals surface area contributed by atoms with Crippen molar-refractivity contribution in [3.05, 3.63) is 51.2 Å². The zero-order valence-corrected chi connectivity index (χ0v) is 15.8. The summed E-state index contributed by atoms with van der Waals surface area (Å²) >= 11 is 7.73. The second kappa shape index (κ2) is 8.64. The Labute approximate surface area is 160 Å². The van der Waals surface area contributed by atoms with Gasteiger partial charge >= 0.3 is 0 Å². The van der Waals surface area contributed by atoms with Crippen LogP contribution in [0, 0.1) is 0 Å². The molecular formula is C18H20ClN3O3S. The van der Waals surface area contributed by atoms with Crippen molar-refractivity contribution in [3.63, 3.8) is 0 Å². The minimum atomic E-state index is -0.435. The van der Waals surface area contributed by atoms with Gasteiger partial charge in [-0.3, -0.25) is 9.59 Å². The maximum absolute atomic E-state index is 12.4. The lowest BCUT2D eigenvalue weighted by Crippen LogP contribution is -2.53. The average molecular weight is 394 g/mol. The summed E-state index contributed by atoms with van der Waals surface area (Å²) in [4.78, 5) is 25.9. The summed E-state index contributed by atoms with van der Waals surface area (Å²) in [5.74, 6) is -0.489. The Balaban J connectivity index is 1.66. The predicted molar refractivity (Wildman–Crippen MR) is 103 cm³/mol. The predicted octanol–water partition coefficient (Wildman–Crippen LogP) is 2.65. The third-order valence-corrected chi connectivity index (χ3v) is 5.29. The van der Waals surface area contributed by atoms with Crippen LogP contribution >= 0.6 is 22.9 Å². The molecule has 3 N–H and O–H groups in total. The van der Waals surface area contributed by atoms with Crippen LogP contribution in [0.2, 0.25) is 5.02 Å². The number of morpholine rings is 1. The molecule has 2 atom stereocenters. The summed E-state index contributed by atoms with van der Waals surface area (Å²) < 4.78 is 5.49. The van der Waals surface area contributed by atoms with Crippen LogP contribution in [0.25, 0.3) is 0 Å². The molecule has 0 radical (unpaired) electrons. The number of amides is 2. The highest BCUT2D eigenvalue weighted by Crippen LogP contribution is 2.21. The Kier molecular flexibility index (Phi) is 6.26. The average Bonchev–Trinajstić information content (AvgIpc) is 3.15. The highest BCUT2D eigenvalue weighted by atomic mass is 35.5. The number of rotatable bonds is 5. The third-order valence-electron chi connectivity index (χ3n) is 4.08. The van der Waals surface area contributed by atoms with Crippen LogP contribution in [0.3, 0.4) is 0 Å². The molecule has 3 rings (SSSR count). The van der Waals surface area contributed by atoms with Gasteiger partial charge < -0.3 is 20.7 Å². The normalized spacial score (nSPS) is 19.8. The zero-order valence-electron chi connectivity index (χ0n) is 14.3. The molecule has 2 heterocycles. The fourth-order valence-corrected chi connectivity index (χ4v) is 3.55. The number of anilines is 1. The molecule has 26 heavy (non-hydrogen) atoms. The maximum atomic E-state index is 12.4. The topological polar surface area (TPSA) is 79.5 Å². The molecule has 138 valence electrons. The largest absolute Gasteiger partial charge is 0.375 e. The van der Waals surface area contributed by atoms with Crippen LogP contribution in [0.1, 0.15) is 22.2 Å². The summed E-state index contributed by atoms with van der Waals surface area (Å²) in [7, 11) is 0. The molecule has 8 heteroatoms. The fourth-order valence-electron chi connectivity index (χ4n) is 2.70. The Morgan fingerprint density at radius 1 is 1.38 bits per heavy atom. The molecule has 1 aliphatic rings. The molecule has 1 fully saturated rings. The van der Waals surface area contributed by atoms with E-state index in [0.717, 1.165) is 4.88 Å². The molecule has 0 aliphatic carbocycles. The van der Waals surface area contributed by atoms with E-state index in [1.807, 2.05) is 24.4 Å². The Hall–Kier alpha value is -1.93. The van der Waals surface area contributed by atoms with Gasteiger partial charge in [0.05, 0.1) is 29.8 Å². The smallest absolute Gasteiger partial charge is 0.253 e. The highest BCUT2D eigenvalue weighted by Gasteiger charge is 2.28. The van der Waals surface area contributed by atoms with Gasteiger partial charge in [-0.25, -0.2) is 0 Å². The molecule has 0 saturated carbocycles. The molecular weight excluding hydrogens is 374 g/mol. The SMILES string of the molecule is C[C@H]1OCCN[C@@H]1C(=O)Nc1ccc(Cl)c(C(=O)NCc2cccs2)c1. The zero-order chi connectivity index (χ0) is 18.5. The lowest BCUT2D eigenvalue weighted by atomic mass is 10.1. The van der Waals surface area contributed by atoms with Crippen LogP contribution in [0.4, 0.5) is 5.69 Å². The van der Waals surface area contributed by atoms with E-state index in [1.165, 1.54) is 0 Å². The second-order valence-corrected chi connectivity index (χ2v) is 7.39. The van der Waals surface area contributed by atoms with Gasteiger partial charge in [-0.15, -0.1) is 11.3 Å². The fraction of sp³-hybridized carbons (Fsp3) is 0.333. The quantitative estimate of drug-likeness (QED) is 0.729. The second-order valence-electron chi connectivity index (χ2n) is 5.95. The van der Waals surface area contributed by atoms with Crippen molar-refractivity contribution >= 4 is 40.4 Å². The van der Waals surface area contributed by atoms with E-state index in [2.05, 4.69) is 16.0 Å². The monoisotopic (exact) mass is 393 g/mol. The van der Waals surface area contributed by atoms with Gasteiger partial charge in [0.1, 0.15) is 6.04 Å².